The molecule has 0 saturated carbocycles. The third-order valence-electron chi connectivity index (χ3n) is 3.34. The average Bonchev–Trinajstić information content (AvgIpc) is 2.30. The molecule has 6 heteroatoms. The average molecular weight is 264 g/mol. The number of hydrogen-bond donors (Lipinski definition) is 1. The van der Waals surface area contributed by atoms with Gasteiger partial charge in [-0.3, -0.25) is 0 Å². The molecular formula is C11H24N2O3S. The molecule has 0 aromatic rings. The van der Waals surface area contributed by atoms with Gasteiger partial charge in [0.15, 0.2) is 0 Å². The third-order valence-corrected chi connectivity index (χ3v) is 5.60. The van der Waals surface area contributed by atoms with Crippen LogP contribution in [0.5, 0.6) is 0 Å². The smallest absolute Gasteiger partial charge is 0.217 e. The summed E-state index contributed by atoms with van der Waals surface area (Å²) < 4.78 is 31.1. The Morgan fingerprint density at radius 3 is 2.47 bits per heavy atom. The van der Waals surface area contributed by atoms with Crippen molar-refractivity contribution in [1.29, 1.82) is 0 Å². The number of rotatable bonds is 6. The lowest BCUT2D eigenvalue weighted by Gasteiger charge is -2.32. The normalized spacial score (nSPS) is 21.6. The predicted octanol–water partition coefficient (Wildman–Crippen LogP) is 0.282. The van der Waals surface area contributed by atoms with Gasteiger partial charge in [-0.05, 0) is 32.7 Å². The van der Waals surface area contributed by atoms with Crippen LogP contribution >= 0.6 is 0 Å². The van der Waals surface area contributed by atoms with Crippen molar-refractivity contribution in [2.24, 2.45) is 5.92 Å². The van der Waals surface area contributed by atoms with E-state index < -0.39 is 10.0 Å². The Morgan fingerprint density at radius 1 is 1.41 bits per heavy atom. The van der Waals surface area contributed by atoms with Crippen LogP contribution in [-0.2, 0) is 14.8 Å². The summed E-state index contributed by atoms with van der Waals surface area (Å²) in [5.41, 5.74) is 0. The molecule has 0 aromatic carbocycles. The Hall–Kier alpha value is -0.170. The van der Waals surface area contributed by atoms with Crippen LogP contribution in [-0.4, -0.2) is 58.4 Å². The molecule has 0 aliphatic carbocycles. The second-order valence-electron chi connectivity index (χ2n) is 4.71. The minimum Gasteiger partial charge on any atom is -0.384 e. The third kappa shape index (κ3) is 3.91. The van der Waals surface area contributed by atoms with E-state index in [1.165, 1.54) is 0 Å². The number of ether oxygens (including phenoxy) is 1. The van der Waals surface area contributed by atoms with Gasteiger partial charge in [0, 0.05) is 33.4 Å². The molecule has 0 spiro atoms. The molecule has 1 saturated heterocycles. The first-order valence-corrected chi connectivity index (χ1v) is 7.65. The first kappa shape index (κ1) is 14.9. The fourth-order valence-corrected chi connectivity index (χ4v) is 3.82. The second-order valence-corrected chi connectivity index (χ2v) is 7.06. The van der Waals surface area contributed by atoms with Crippen molar-refractivity contribution in [2.45, 2.75) is 25.0 Å². The Labute approximate surface area is 105 Å². The highest BCUT2D eigenvalue weighted by Crippen LogP contribution is 2.21. The molecule has 1 aliphatic rings. The molecule has 0 radical (unpaired) electrons. The highest BCUT2D eigenvalue weighted by Gasteiger charge is 2.31. The van der Waals surface area contributed by atoms with Gasteiger partial charge in [-0.15, -0.1) is 0 Å². The molecule has 0 aromatic heterocycles. The maximum absolute atomic E-state index is 12.2. The lowest BCUT2D eigenvalue weighted by molar-refractivity contribution is 0.121. The summed E-state index contributed by atoms with van der Waals surface area (Å²) in [6.45, 7) is 4.25. The number of sulfonamides is 1. The SMILES string of the molecule is CNCC(C)S(=O)(=O)N1CCC(COC)CC1. The molecule has 1 fully saturated rings. The molecule has 1 aliphatic heterocycles. The summed E-state index contributed by atoms with van der Waals surface area (Å²) in [5.74, 6) is 0.506. The van der Waals surface area contributed by atoms with Crippen molar-refractivity contribution in [1.82, 2.24) is 9.62 Å². The van der Waals surface area contributed by atoms with Gasteiger partial charge in [0.2, 0.25) is 10.0 Å². The largest absolute Gasteiger partial charge is 0.384 e. The predicted molar refractivity (Wildman–Crippen MR) is 68.5 cm³/mol. The van der Waals surface area contributed by atoms with E-state index in [1.54, 1.807) is 25.4 Å². The standard InChI is InChI=1S/C11H24N2O3S/c1-10(8-12-2)17(14,15)13-6-4-11(5-7-13)9-16-3/h10-12H,4-9H2,1-3H3. The van der Waals surface area contributed by atoms with E-state index in [-0.39, 0.29) is 5.25 Å². The van der Waals surface area contributed by atoms with E-state index in [9.17, 15) is 8.42 Å². The van der Waals surface area contributed by atoms with Crippen molar-refractivity contribution in [3.8, 4) is 0 Å². The number of nitrogens with zero attached hydrogens (tertiary/aromatic N) is 1. The van der Waals surface area contributed by atoms with Crippen LogP contribution in [0.25, 0.3) is 0 Å². The lowest BCUT2D eigenvalue weighted by atomic mass is 9.99. The fourth-order valence-electron chi connectivity index (χ4n) is 2.21. The highest BCUT2D eigenvalue weighted by atomic mass is 32.2. The molecule has 0 bridgehead atoms. The van der Waals surface area contributed by atoms with Gasteiger partial charge in [-0.2, -0.15) is 0 Å². The van der Waals surface area contributed by atoms with E-state index in [1.807, 2.05) is 0 Å². The summed E-state index contributed by atoms with van der Waals surface area (Å²) in [6.07, 6.45) is 1.80. The zero-order valence-corrected chi connectivity index (χ0v) is 11.8. The molecule has 1 unspecified atom stereocenters. The van der Waals surface area contributed by atoms with Crippen LogP contribution in [0.3, 0.4) is 0 Å². The topological polar surface area (TPSA) is 58.6 Å². The van der Waals surface area contributed by atoms with Gasteiger partial charge >= 0.3 is 0 Å². The van der Waals surface area contributed by atoms with E-state index in [4.69, 9.17) is 4.74 Å². The van der Waals surface area contributed by atoms with Crippen LogP contribution < -0.4 is 5.32 Å². The van der Waals surface area contributed by atoms with E-state index in [2.05, 4.69) is 5.32 Å². The van der Waals surface area contributed by atoms with Gasteiger partial charge in [0.05, 0.1) is 5.25 Å². The van der Waals surface area contributed by atoms with E-state index in [0.29, 0.717) is 25.6 Å². The molecule has 1 N–H and O–H groups in total. The number of methoxy groups -OCH3 is 1. The lowest BCUT2D eigenvalue weighted by Crippen LogP contribution is -2.45. The molecule has 102 valence electrons. The summed E-state index contributed by atoms with van der Waals surface area (Å²) in [4.78, 5) is 0. The quantitative estimate of drug-likeness (QED) is 0.749. The first-order chi connectivity index (χ1) is 8.02. The molecule has 5 nitrogen and oxygen atoms in total. The Bertz CT molecular complexity index is 311. The van der Waals surface area contributed by atoms with Crippen LogP contribution in [0.2, 0.25) is 0 Å². The number of nitrogens with one attached hydrogen (secondary N) is 1. The zero-order chi connectivity index (χ0) is 12.9. The summed E-state index contributed by atoms with van der Waals surface area (Å²) in [7, 11) is 0.335. The number of hydrogen-bond acceptors (Lipinski definition) is 4. The van der Waals surface area contributed by atoms with Crippen molar-refractivity contribution in [3.63, 3.8) is 0 Å². The summed E-state index contributed by atoms with van der Waals surface area (Å²) >= 11 is 0. The second kappa shape index (κ2) is 6.68. The van der Waals surface area contributed by atoms with Gasteiger partial charge < -0.3 is 10.1 Å². The molecule has 17 heavy (non-hydrogen) atoms. The minimum absolute atomic E-state index is 0.355. The monoisotopic (exact) mass is 264 g/mol. The van der Waals surface area contributed by atoms with Crippen LogP contribution in [0.1, 0.15) is 19.8 Å². The Morgan fingerprint density at radius 2 is 2.00 bits per heavy atom. The Balaban J connectivity index is 2.52. The van der Waals surface area contributed by atoms with Gasteiger partial charge in [0.1, 0.15) is 0 Å². The zero-order valence-electron chi connectivity index (χ0n) is 11.0. The van der Waals surface area contributed by atoms with Crippen LogP contribution in [0.15, 0.2) is 0 Å². The van der Waals surface area contributed by atoms with Crippen molar-refractivity contribution in [2.75, 3.05) is 40.4 Å². The molecule has 1 heterocycles. The Kier molecular flexibility index (Phi) is 5.85. The summed E-state index contributed by atoms with van der Waals surface area (Å²) in [6, 6.07) is 0. The van der Waals surface area contributed by atoms with Crippen LogP contribution in [0, 0.1) is 5.92 Å². The fraction of sp³-hybridized carbons (Fsp3) is 1.00. The maximum Gasteiger partial charge on any atom is 0.217 e. The minimum atomic E-state index is -3.13. The first-order valence-electron chi connectivity index (χ1n) is 6.14. The van der Waals surface area contributed by atoms with Gasteiger partial charge in [-0.1, -0.05) is 0 Å². The summed E-state index contributed by atoms with van der Waals surface area (Å²) in [5, 5.41) is 2.56. The van der Waals surface area contributed by atoms with E-state index >= 15 is 0 Å². The highest BCUT2D eigenvalue weighted by molar-refractivity contribution is 7.89. The molecular weight excluding hydrogens is 240 g/mol. The van der Waals surface area contributed by atoms with Crippen molar-refractivity contribution < 1.29 is 13.2 Å². The molecule has 1 rings (SSSR count). The van der Waals surface area contributed by atoms with Crippen molar-refractivity contribution in [3.05, 3.63) is 0 Å². The van der Waals surface area contributed by atoms with Crippen molar-refractivity contribution >= 4 is 10.0 Å². The molecule has 0 amide bonds. The number of piperidine rings is 1. The van der Waals surface area contributed by atoms with Crippen LogP contribution in [0.4, 0.5) is 0 Å². The maximum atomic E-state index is 12.2. The van der Waals surface area contributed by atoms with Gasteiger partial charge in [0.25, 0.3) is 0 Å². The molecule has 1 atom stereocenters. The van der Waals surface area contributed by atoms with E-state index in [0.717, 1.165) is 19.4 Å². The van der Waals surface area contributed by atoms with Gasteiger partial charge in [-0.25, -0.2) is 12.7 Å².